The maximum Gasteiger partial charge on any atom is 0.237 e. The lowest BCUT2D eigenvalue weighted by molar-refractivity contribution is -0.126. The van der Waals surface area contributed by atoms with Crippen LogP contribution >= 0.6 is 0 Å². The van der Waals surface area contributed by atoms with Gasteiger partial charge in [-0.1, -0.05) is 50.1 Å². The van der Waals surface area contributed by atoms with Crippen LogP contribution < -0.4 is 10.6 Å². The van der Waals surface area contributed by atoms with Gasteiger partial charge in [0, 0.05) is 0 Å². The Morgan fingerprint density at radius 1 is 1.39 bits per heavy atom. The molecule has 128 valence electrons. The van der Waals surface area contributed by atoms with E-state index in [2.05, 4.69) is 17.6 Å². The number of amides is 1. The van der Waals surface area contributed by atoms with Gasteiger partial charge < -0.3 is 20.8 Å². The van der Waals surface area contributed by atoms with Crippen molar-refractivity contribution in [2.45, 2.75) is 50.8 Å². The topological polar surface area (TPSA) is 81.6 Å². The summed E-state index contributed by atoms with van der Waals surface area (Å²) < 4.78 is 0. The highest BCUT2D eigenvalue weighted by Crippen LogP contribution is 2.22. The molecule has 0 saturated carbocycles. The van der Waals surface area contributed by atoms with Gasteiger partial charge in [-0.25, -0.2) is 0 Å². The van der Waals surface area contributed by atoms with Crippen LogP contribution in [0.1, 0.15) is 44.3 Å². The van der Waals surface area contributed by atoms with Crippen LogP contribution in [0.2, 0.25) is 0 Å². The minimum atomic E-state index is -0.917. The average Bonchev–Trinajstić information content (AvgIpc) is 2.60. The van der Waals surface area contributed by atoms with Crippen molar-refractivity contribution in [3.05, 3.63) is 35.9 Å². The molecule has 1 aliphatic rings. The zero-order valence-corrected chi connectivity index (χ0v) is 13.7. The number of nitrogens with one attached hydrogen (secondary N) is 2. The molecule has 5 nitrogen and oxygen atoms in total. The molecule has 2 rings (SSSR count). The van der Waals surface area contributed by atoms with Crippen molar-refractivity contribution in [3.63, 3.8) is 0 Å². The van der Waals surface area contributed by atoms with E-state index in [1.54, 1.807) is 12.1 Å². The van der Waals surface area contributed by atoms with Crippen molar-refractivity contribution < 1.29 is 15.0 Å². The summed E-state index contributed by atoms with van der Waals surface area (Å²) in [7, 11) is 0. The summed E-state index contributed by atoms with van der Waals surface area (Å²) in [5, 5.41) is 26.0. The predicted molar refractivity (Wildman–Crippen MR) is 89.8 cm³/mol. The Hall–Kier alpha value is -1.43. The maximum atomic E-state index is 12.5. The number of carbonyl (C=O) groups is 1. The summed E-state index contributed by atoms with van der Waals surface area (Å²) in [5.41, 5.74) is 0.687. The number of hydrogen-bond acceptors (Lipinski definition) is 4. The number of carbonyl (C=O) groups excluding carboxylic acids is 1. The summed E-state index contributed by atoms with van der Waals surface area (Å²) in [6, 6.07) is 8.16. The monoisotopic (exact) mass is 320 g/mol. The summed E-state index contributed by atoms with van der Waals surface area (Å²) in [4.78, 5) is 12.5. The van der Waals surface area contributed by atoms with Gasteiger partial charge in [-0.05, 0) is 30.9 Å². The second kappa shape index (κ2) is 9.01. The fourth-order valence-corrected chi connectivity index (χ4v) is 3.26. The lowest BCUT2D eigenvalue weighted by Gasteiger charge is -2.31. The van der Waals surface area contributed by atoms with Gasteiger partial charge in [0.15, 0.2) is 0 Å². The normalized spacial score (nSPS) is 24.0. The van der Waals surface area contributed by atoms with Crippen molar-refractivity contribution >= 4 is 5.91 Å². The Kier molecular flexibility index (Phi) is 7.02. The molecule has 1 aromatic rings. The molecule has 4 atom stereocenters. The van der Waals surface area contributed by atoms with Gasteiger partial charge in [-0.3, -0.25) is 4.79 Å². The molecule has 0 aliphatic carbocycles. The lowest BCUT2D eigenvalue weighted by atomic mass is 9.88. The van der Waals surface area contributed by atoms with E-state index in [0.717, 1.165) is 32.2 Å². The first-order chi connectivity index (χ1) is 11.2. The van der Waals surface area contributed by atoms with Crippen molar-refractivity contribution in [2.75, 3.05) is 13.2 Å². The minimum absolute atomic E-state index is 0.139. The Morgan fingerprint density at radius 2 is 2.13 bits per heavy atom. The number of rotatable bonds is 7. The first kappa shape index (κ1) is 17.9. The molecule has 0 radical (unpaired) electrons. The standard InChI is InChI=1S/C18H28N2O3/c1-2-6-13-9-10-19-15(11-13)18(23)20-16(12-21)17(22)14-7-4-3-5-8-14/h3-5,7-8,13,15-17,19,21-22H,2,6,9-12H2,1H3,(H,20,23)/t13-,15+,16-,17-/m1/s1. The number of aliphatic hydroxyl groups is 2. The molecule has 1 saturated heterocycles. The van der Waals surface area contributed by atoms with Crippen molar-refractivity contribution in [3.8, 4) is 0 Å². The van der Waals surface area contributed by atoms with Crippen LogP contribution in [-0.2, 0) is 4.79 Å². The minimum Gasteiger partial charge on any atom is -0.394 e. The molecule has 0 unspecified atom stereocenters. The van der Waals surface area contributed by atoms with Crippen molar-refractivity contribution in [1.82, 2.24) is 10.6 Å². The molecule has 4 N–H and O–H groups in total. The molecular weight excluding hydrogens is 292 g/mol. The van der Waals surface area contributed by atoms with Gasteiger partial charge in [0.05, 0.1) is 18.7 Å². The highest BCUT2D eigenvalue weighted by atomic mass is 16.3. The highest BCUT2D eigenvalue weighted by Gasteiger charge is 2.29. The number of piperidine rings is 1. The van der Waals surface area contributed by atoms with Crippen LogP contribution in [0, 0.1) is 5.92 Å². The Bertz CT molecular complexity index is 478. The van der Waals surface area contributed by atoms with E-state index >= 15 is 0 Å². The highest BCUT2D eigenvalue weighted by molar-refractivity contribution is 5.82. The molecule has 5 heteroatoms. The smallest absolute Gasteiger partial charge is 0.237 e. The van der Waals surface area contributed by atoms with Crippen LogP contribution in [-0.4, -0.2) is 41.4 Å². The van der Waals surface area contributed by atoms with Crippen LogP contribution in [0.4, 0.5) is 0 Å². The van der Waals surface area contributed by atoms with Gasteiger partial charge in [-0.15, -0.1) is 0 Å². The number of hydrogen-bond donors (Lipinski definition) is 4. The lowest BCUT2D eigenvalue weighted by Crippen LogP contribution is -2.53. The first-order valence-corrected chi connectivity index (χ1v) is 8.53. The Morgan fingerprint density at radius 3 is 2.78 bits per heavy atom. The second-order valence-corrected chi connectivity index (χ2v) is 6.34. The van der Waals surface area contributed by atoms with Gasteiger partial charge in [0.2, 0.25) is 5.91 Å². The van der Waals surface area contributed by atoms with Gasteiger partial charge in [0.25, 0.3) is 0 Å². The van der Waals surface area contributed by atoms with Crippen LogP contribution in [0.15, 0.2) is 30.3 Å². The van der Waals surface area contributed by atoms with E-state index in [1.165, 1.54) is 0 Å². The van der Waals surface area contributed by atoms with E-state index in [4.69, 9.17) is 0 Å². The predicted octanol–water partition coefficient (Wildman–Crippen LogP) is 1.37. The molecule has 23 heavy (non-hydrogen) atoms. The largest absolute Gasteiger partial charge is 0.394 e. The molecule has 1 aromatic carbocycles. The van der Waals surface area contributed by atoms with Gasteiger partial charge in [0.1, 0.15) is 6.10 Å². The molecule has 1 amide bonds. The Balaban J connectivity index is 1.94. The summed E-state index contributed by atoms with van der Waals surface area (Å²) in [5.74, 6) is 0.434. The molecule has 0 bridgehead atoms. The molecule has 1 aliphatic heterocycles. The first-order valence-electron chi connectivity index (χ1n) is 8.53. The molecule has 1 fully saturated rings. The summed E-state index contributed by atoms with van der Waals surface area (Å²) >= 11 is 0. The fourth-order valence-electron chi connectivity index (χ4n) is 3.26. The van der Waals surface area contributed by atoms with E-state index in [1.807, 2.05) is 18.2 Å². The van der Waals surface area contributed by atoms with Gasteiger partial charge >= 0.3 is 0 Å². The quantitative estimate of drug-likeness (QED) is 0.611. The zero-order chi connectivity index (χ0) is 16.7. The van der Waals surface area contributed by atoms with Crippen LogP contribution in [0.25, 0.3) is 0 Å². The van der Waals surface area contributed by atoms with Gasteiger partial charge in [-0.2, -0.15) is 0 Å². The molecule has 1 heterocycles. The summed E-state index contributed by atoms with van der Waals surface area (Å²) in [6.07, 6.45) is 3.28. The number of aliphatic hydroxyl groups excluding tert-OH is 2. The van der Waals surface area contributed by atoms with E-state index < -0.39 is 12.1 Å². The molecular formula is C18H28N2O3. The zero-order valence-electron chi connectivity index (χ0n) is 13.7. The van der Waals surface area contributed by atoms with E-state index in [0.29, 0.717) is 11.5 Å². The number of benzene rings is 1. The SMILES string of the molecule is CCC[C@@H]1CCN[C@H](C(=O)N[C@H](CO)[C@H](O)c2ccccc2)C1. The van der Waals surface area contributed by atoms with Crippen molar-refractivity contribution in [1.29, 1.82) is 0 Å². The third kappa shape index (κ3) is 5.03. The Labute approximate surface area is 138 Å². The fraction of sp³-hybridized carbons (Fsp3) is 0.611. The third-order valence-electron chi connectivity index (χ3n) is 4.57. The van der Waals surface area contributed by atoms with Crippen molar-refractivity contribution in [2.24, 2.45) is 5.92 Å². The molecule has 0 aromatic heterocycles. The van der Waals surface area contributed by atoms with E-state index in [-0.39, 0.29) is 18.6 Å². The van der Waals surface area contributed by atoms with Crippen LogP contribution in [0.5, 0.6) is 0 Å². The third-order valence-corrected chi connectivity index (χ3v) is 4.57. The van der Waals surface area contributed by atoms with Crippen LogP contribution in [0.3, 0.4) is 0 Å². The molecule has 0 spiro atoms. The second-order valence-electron chi connectivity index (χ2n) is 6.34. The average molecular weight is 320 g/mol. The van der Waals surface area contributed by atoms with E-state index in [9.17, 15) is 15.0 Å². The maximum absolute atomic E-state index is 12.5. The summed E-state index contributed by atoms with van der Waals surface area (Å²) in [6.45, 7) is 2.70.